The van der Waals surface area contributed by atoms with Crippen LogP contribution in [0.4, 0.5) is 13.2 Å². The van der Waals surface area contributed by atoms with E-state index in [-0.39, 0.29) is 12.8 Å². The Kier molecular flexibility index (Phi) is 2.95. The fraction of sp³-hybridized carbons (Fsp3) is 0.875. The molecule has 0 aromatic rings. The highest BCUT2D eigenvalue weighted by molar-refractivity contribution is 5.82. The average Bonchev–Trinajstić information content (AvgIpc) is 2.02. The van der Waals surface area contributed by atoms with Crippen LogP contribution in [-0.2, 0) is 4.79 Å². The van der Waals surface area contributed by atoms with Crippen LogP contribution < -0.4 is 0 Å². The quantitative estimate of drug-likeness (QED) is 0.692. The highest BCUT2D eigenvalue weighted by Gasteiger charge is 2.46. The van der Waals surface area contributed by atoms with Crippen molar-refractivity contribution in [3.05, 3.63) is 0 Å². The molecule has 0 radical (unpaired) electrons. The summed E-state index contributed by atoms with van der Waals surface area (Å²) in [4.78, 5) is 11.0. The molecule has 5 heteroatoms. The summed E-state index contributed by atoms with van der Waals surface area (Å²) >= 11 is 0. The fourth-order valence-corrected chi connectivity index (χ4v) is 1.57. The molecule has 2 unspecified atom stereocenters. The zero-order chi connectivity index (χ0) is 10.1. The molecule has 1 aliphatic rings. The molecular weight excluding hydrogens is 185 g/mol. The zero-order valence-electron chi connectivity index (χ0n) is 6.97. The molecule has 1 fully saturated rings. The Morgan fingerprint density at radius 1 is 1.38 bits per heavy atom. The van der Waals surface area contributed by atoms with Crippen LogP contribution in [-0.4, -0.2) is 23.2 Å². The number of Topliss-reactive ketones (excluding diaryl/α,β-unsaturated/α-hetero) is 1. The summed E-state index contributed by atoms with van der Waals surface area (Å²) in [5.74, 6) is -1.69. The number of aliphatic hydroxyl groups is 1. The van der Waals surface area contributed by atoms with Gasteiger partial charge in [0.2, 0.25) is 0 Å². The van der Waals surface area contributed by atoms with E-state index in [9.17, 15) is 18.0 Å². The number of hydrogen-bond acceptors (Lipinski definition) is 2. The lowest BCUT2D eigenvalue weighted by Crippen LogP contribution is -2.41. The van der Waals surface area contributed by atoms with E-state index in [2.05, 4.69) is 0 Å². The van der Waals surface area contributed by atoms with Crippen molar-refractivity contribution in [3.63, 3.8) is 0 Å². The molecule has 0 aromatic carbocycles. The maximum absolute atomic E-state index is 12.0. The van der Waals surface area contributed by atoms with Gasteiger partial charge in [0.15, 0.2) is 6.10 Å². The van der Waals surface area contributed by atoms with Gasteiger partial charge in [0, 0.05) is 6.42 Å². The Labute approximate surface area is 73.7 Å². The van der Waals surface area contributed by atoms with Crippen LogP contribution in [0.5, 0.6) is 0 Å². The number of alkyl halides is 3. The van der Waals surface area contributed by atoms with Gasteiger partial charge in [-0.2, -0.15) is 13.2 Å². The number of ketones is 1. The minimum atomic E-state index is -4.67. The molecule has 1 N–H and O–H groups in total. The zero-order valence-corrected chi connectivity index (χ0v) is 6.97. The minimum Gasteiger partial charge on any atom is -0.383 e. The van der Waals surface area contributed by atoms with E-state index < -0.39 is 24.0 Å². The van der Waals surface area contributed by atoms with Crippen LogP contribution in [0.2, 0.25) is 0 Å². The molecular formula is C8H11F3O2. The second kappa shape index (κ2) is 3.65. The van der Waals surface area contributed by atoms with Gasteiger partial charge in [-0.25, -0.2) is 0 Å². The smallest absolute Gasteiger partial charge is 0.383 e. The second-order valence-electron chi connectivity index (χ2n) is 3.31. The van der Waals surface area contributed by atoms with Crippen molar-refractivity contribution in [1.82, 2.24) is 0 Å². The van der Waals surface area contributed by atoms with E-state index in [1.165, 1.54) is 0 Å². The monoisotopic (exact) mass is 196 g/mol. The highest BCUT2D eigenvalue weighted by Crippen LogP contribution is 2.32. The molecule has 0 spiro atoms. The normalized spacial score (nSPS) is 27.4. The molecule has 1 saturated carbocycles. The van der Waals surface area contributed by atoms with Gasteiger partial charge < -0.3 is 5.11 Å². The van der Waals surface area contributed by atoms with Crippen LogP contribution in [0.15, 0.2) is 0 Å². The Morgan fingerprint density at radius 3 is 2.46 bits per heavy atom. The van der Waals surface area contributed by atoms with Crippen LogP contribution in [0, 0.1) is 5.92 Å². The van der Waals surface area contributed by atoms with Gasteiger partial charge in [-0.1, -0.05) is 6.42 Å². The summed E-state index contributed by atoms with van der Waals surface area (Å²) in [6, 6.07) is 0. The van der Waals surface area contributed by atoms with E-state index >= 15 is 0 Å². The summed E-state index contributed by atoms with van der Waals surface area (Å²) in [5, 5.41) is 8.84. The Balaban J connectivity index is 2.64. The molecule has 1 rings (SSSR count). The van der Waals surface area contributed by atoms with Crippen molar-refractivity contribution in [3.8, 4) is 0 Å². The number of carbonyl (C=O) groups excluding carboxylic acids is 1. The van der Waals surface area contributed by atoms with E-state index in [0.717, 1.165) is 0 Å². The predicted molar refractivity (Wildman–Crippen MR) is 39.0 cm³/mol. The third-order valence-electron chi connectivity index (χ3n) is 2.32. The largest absolute Gasteiger partial charge is 0.415 e. The van der Waals surface area contributed by atoms with E-state index in [1.807, 2.05) is 0 Å². The average molecular weight is 196 g/mol. The molecule has 0 amide bonds. The summed E-state index contributed by atoms with van der Waals surface area (Å²) in [6.45, 7) is 0. The van der Waals surface area contributed by atoms with Gasteiger partial charge in [-0.3, -0.25) is 4.79 Å². The molecule has 0 aliphatic heterocycles. The van der Waals surface area contributed by atoms with Gasteiger partial charge in [0.1, 0.15) is 5.78 Å². The first kappa shape index (κ1) is 10.5. The molecule has 2 atom stereocenters. The lowest BCUT2D eigenvalue weighted by molar-refractivity contribution is -0.220. The van der Waals surface area contributed by atoms with Crippen LogP contribution in [0.25, 0.3) is 0 Å². The number of aliphatic hydroxyl groups excluding tert-OH is 1. The lowest BCUT2D eigenvalue weighted by Gasteiger charge is -2.26. The SMILES string of the molecule is O=C1CCCCC1C(O)C(F)(F)F. The second-order valence-corrected chi connectivity index (χ2v) is 3.31. The van der Waals surface area contributed by atoms with Crippen LogP contribution in [0.1, 0.15) is 25.7 Å². The first-order chi connectivity index (χ1) is 5.93. The first-order valence-corrected chi connectivity index (χ1v) is 4.20. The number of rotatable bonds is 1. The fourth-order valence-electron chi connectivity index (χ4n) is 1.57. The van der Waals surface area contributed by atoms with Crippen molar-refractivity contribution < 1.29 is 23.1 Å². The van der Waals surface area contributed by atoms with Crippen LogP contribution in [0.3, 0.4) is 0 Å². The van der Waals surface area contributed by atoms with Crippen molar-refractivity contribution in [1.29, 1.82) is 0 Å². The topological polar surface area (TPSA) is 37.3 Å². The van der Waals surface area contributed by atoms with Crippen molar-refractivity contribution in [2.75, 3.05) is 0 Å². The Morgan fingerprint density at radius 2 is 2.00 bits per heavy atom. The van der Waals surface area contributed by atoms with E-state index in [1.54, 1.807) is 0 Å². The van der Waals surface area contributed by atoms with Gasteiger partial charge in [0.25, 0.3) is 0 Å². The molecule has 1 aliphatic carbocycles. The summed E-state index contributed by atoms with van der Waals surface area (Å²) in [5.41, 5.74) is 0. The standard InChI is InChI=1S/C8H11F3O2/c9-8(10,11)7(13)5-3-1-2-4-6(5)12/h5,7,13H,1-4H2. The lowest BCUT2D eigenvalue weighted by atomic mass is 9.84. The predicted octanol–water partition coefficient (Wildman–Crippen LogP) is 1.67. The Bertz CT molecular complexity index is 200. The van der Waals surface area contributed by atoms with Gasteiger partial charge in [-0.05, 0) is 12.8 Å². The molecule has 13 heavy (non-hydrogen) atoms. The Hall–Kier alpha value is -0.580. The van der Waals surface area contributed by atoms with Gasteiger partial charge in [-0.15, -0.1) is 0 Å². The van der Waals surface area contributed by atoms with Gasteiger partial charge >= 0.3 is 6.18 Å². The van der Waals surface area contributed by atoms with Gasteiger partial charge in [0.05, 0.1) is 5.92 Å². The maximum Gasteiger partial charge on any atom is 0.415 e. The number of halogens is 3. The van der Waals surface area contributed by atoms with Crippen molar-refractivity contribution in [2.45, 2.75) is 38.0 Å². The maximum atomic E-state index is 12.0. The third kappa shape index (κ3) is 2.43. The van der Waals surface area contributed by atoms with E-state index in [0.29, 0.717) is 12.8 Å². The molecule has 2 nitrogen and oxygen atoms in total. The molecule has 0 bridgehead atoms. The van der Waals surface area contributed by atoms with Crippen molar-refractivity contribution >= 4 is 5.78 Å². The summed E-state index contributed by atoms with van der Waals surface area (Å²) < 4.78 is 36.0. The first-order valence-electron chi connectivity index (χ1n) is 4.20. The highest BCUT2D eigenvalue weighted by atomic mass is 19.4. The summed E-state index contributed by atoms with van der Waals surface area (Å²) in [6.07, 6.45) is -5.60. The van der Waals surface area contributed by atoms with Crippen molar-refractivity contribution in [2.24, 2.45) is 5.92 Å². The number of carbonyl (C=O) groups is 1. The number of hydrogen-bond donors (Lipinski definition) is 1. The molecule has 76 valence electrons. The third-order valence-corrected chi connectivity index (χ3v) is 2.32. The molecule has 0 aromatic heterocycles. The van der Waals surface area contributed by atoms with E-state index in [4.69, 9.17) is 5.11 Å². The summed E-state index contributed by atoms with van der Waals surface area (Å²) in [7, 11) is 0. The van der Waals surface area contributed by atoms with Crippen LogP contribution >= 0.6 is 0 Å². The molecule has 0 saturated heterocycles. The minimum absolute atomic E-state index is 0.152. The molecule has 0 heterocycles.